The van der Waals surface area contributed by atoms with Crippen LogP contribution < -0.4 is 0 Å². The minimum absolute atomic E-state index is 0.0183. The SMILES string of the molecule is O=C(C[C@@H]1CCc2ccccc21)N(CCO)CCO. The lowest BCUT2D eigenvalue weighted by atomic mass is 9.97. The zero-order valence-electron chi connectivity index (χ0n) is 11.1. The van der Waals surface area contributed by atoms with Gasteiger partial charge >= 0.3 is 0 Å². The lowest BCUT2D eigenvalue weighted by Gasteiger charge is -2.22. The lowest BCUT2D eigenvalue weighted by Crippen LogP contribution is -2.36. The van der Waals surface area contributed by atoms with Gasteiger partial charge in [0.25, 0.3) is 0 Å². The third-order valence-electron chi connectivity index (χ3n) is 3.77. The minimum Gasteiger partial charge on any atom is -0.395 e. The van der Waals surface area contributed by atoms with Crippen LogP contribution in [0.3, 0.4) is 0 Å². The highest BCUT2D eigenvalue weighted by atomic mass is 16.3. The Morgan fingerprint density at radius 1 is 1.21 bits per heavy atom. The Morgan fingerprint density at radius 2 is 1.89 bits per heavy atom. The van der Waals surface area contributed by atoms with E-state index >= 15 is 0 Å². The second-order valence-corrected chi connectivity index (χ2v) is 4.97. The summed E-state index contributed by atoms with van der Waals surface area (Å²) in [5.74, 6) is 0.299. The summed E-state index contributed by atoms with van der Waals surface area (Å²) in [5.41, 5.74) is 2.62. The first kappa shape index (κ1) is 14.0. The van der Waals surface area contributed by atoms with E-state index in [0.29, 0.717) is 19.5 Å². The number of aryl methyl sites for hydroxylation is 1. The van der Waals surface area contributed by atoms with Crippen LogP contribution in [-0.4, -0.2) is 47.3 Å². The topological polar surface area (TPSA) is 60.8 Å². The summed E-state index contributed by atoms with van der Waals surface area (Å²) in [6.07, 6.45) is 2.52. The normalized spacial score (nSPS) is 17.3. The van der Waals surface area contributed by atoms with E-state index in [9.17, 15) is 4.79 Å². The minimum atomic E-state index is -0.0625. The van der Waals surface area contributed by atoms with Crippen molar-refractivity contribution in [1.29, 1.82) is 0 Å². The largest absolute Gasteiger partial charge is 0.395 e. The second kappa shape index (κ2) is 6.68. The van der Waals surface area contributed by atoms with Crippen molar-refractivity contribution in [3.8, 4) is 0 Å². The maximum atomic E-state index is 12.2. The molecule has 0 aromatic heterocycles. The summed E-state index contributed by atoms with van der Waals surface area (Å²) < 4.78 is 0. The summed E-state index contributed by atoms with van der Waals surface area (Å²) in [6, 6.07) is 8.27. The van der Waals surface area contributed by atoms with E-state index in [1.54, 1.807) is 4.90 Å². The zero-order chi connectivity index (χ0) is 13.7. The molecule has 4 nitrogen and oxygen atoms in total. The van der Waals surface area contributed by atoms with Gasteiger partial charge in [0.1, 0.15) is 0 Å². The monoisotopic (exact) mass is 263 g/mol. The number of nitrogens with zero attached hydrogens (tertiary/aromatic N) is 1. The zero-order valence-corrected chi connectivity index (χ0v) is 11.1. The fourth-order valence-electron chi connectivity index (χ4n) is 2.80. The summed E-state index contributed by atoms with van der Waals surface area (Å²) in [5, 5.41) is 17.9. The molecule has 1 aliphatic rings. The van der Waals surface area contributed by atoms with Crippen LogP contribution in [0.2, 0.25) is 0 Å². The molecule has 1 aliphatic carbocycles. The van der Waals surface area contributed by atoms with Crippen molar-refractivity contribution in [3.05, 3.63) is 35.4 Å². The number of amides is 1. The molecule has 0 saturated heterocycles. The average Bonchev–Trinajstić information content (AvgIpc) is 2.82. The molecule has 0 fully saturated rings. The van der Waals surface area contributed by atoms with Gasteiger partial charge in [-0.1, -0.05) is 24.3 Å². The molecular formula is C15H21NO3. The smallest absolute Gasteiger partial charge is 0.223 e. The van der Waals surface area contributed by atoms with Gasteiger partial charge in [-0.15, -0.1) is 0 Å². The summed E-state index contributed by atoms with van der Waals surface area (Å²) in [7, 11) is 0. The maximum absolute atomic E-state index is 12.2. The van der Waals surface area contributed by atoms with E-state index < -0.39 is 0 Å². The predicted octanol–water partition coefficient (Wildman–Crippen LogP) is 0.920. The highest BCUT2D eigenvalue weighted by Gasteiger charge is 2.26. The molecule has 4 heteroatoms. The van der Waals surface area contributed by atoms with Crippen LogP contribution in [0.1, 0.15) is 29.9 Å². The number of hydrogen-bond donors (Lipinski definition) is 2. The fourth-order valence-corrected chi connectivity index (χ4v) is 2.80. The van der Waals surface area contributed by atoms with E-state index in [1.165, 1.54) is 11.1 Å². The fraction of sp³-hybridized carbons (Fsp3) is 0.533. The van der Waals surface area contributed by atoms with Gasteiger partial charge in [-0.25, -0.2) is 0 Å². The van der Waals surface area contributed by atoms with Crippen LogP contribution in [0.15, 0.2) is 24.3 Å². The summed E-state index contributed by atoms with van der Waals surface area (Å²) in [6.45, 7) is 0.474. The predicted molar refractivity (Wildman–Crippen MR) is 72.9 cm³/mol. The highest BCUT2D eigenvalue weighted by Crippen LogP contribution is 2.35. The molecule has 0 heterocycles. The highest BCUT2D eigenvalue weighted by molar-refractivity contribution is 5.77. The number of carbonyl (C=O) groups is 1. The van der Waals surface area contributed by atoms with Gasteiger partial charge in [0.2, 0.25) is 5.91 Å². The number of benzene rings is 1. The Bertz CT molecular complexity index is 427. The van der Waals surface area contributed by atoms with E-state index in [2.05, 4.69) is 12.1 Å². The van der Waals surface area contributed by atoms with Crippen LogP contribution in [0.5, 0.6) is 0 Å². The van der Waals surface area contributed by atoms with E-state index in [1.807, 2.05) is 12.1 Å². The molecule has 0 saturated carbocycles. The van der Waals surface area contributed by atoms with Crippen LogP contribution in [0.25, 0.3) is 0 Å². The molecule has 2 rings (SSSR count). The molecule has 0 bridgehead atoms. The number of hydrogen-bond acceptors (Lipinski definition) is 3. The Balaban J connectivity index is 1.99. The van der Waals surface area contributed by atoms with Crippen LogP contribution in [0, 0.1) is 0 Å². The van der Waals surface area contributed by atoms with Gasteiger partial charge in [-0.05, 0) is 29.9 Å². The van der Waals surface area contributed by atoms with Crippen molar-refractivity contribution in [2.45, 2.75) is 25.2 Å². The Labute approximate surface area is 113 Å². The van der Waals surface area contributed by atoms with Crippen LogP contribution in [0.4, 0.5) is 0 Å². The summed E-state index contributed by atoms with van der Waals surface area (Å²) in [4.78, 5) is 13.7. The molecule has 0 radical (unpaired) electrons. The average molecular weight is 263 g/mol. The molecule has 19 heavy (non-hydrogen) atoms. The first-order valence-electron chi connectivity index (χ1n) is 6.83. The van der Waals surface area contributed by atoms with Gasteiger partial charge < -0.3 is 15.1 Å². The lowest BCUT2D eigenvalue weighted by molar-refractivity contribution is -0.132. The first-order valence-corrected chi connectivity index (χ1v) is 6.83. The quantitative estimate of drug-likeness (QED) is 0.802. The molecule has 0 spiro atoms. The van der Waals surface area contributed by atoms with Gasteiger partial charge in [-0.2, -0.15) is 0 Å². The Morgan fingerprint density at radius 3 is 2.58 bits per heavy atom. The van der Waals surface area contributed by atoms with Crippen LogP contribution >= 0.6 is 0 Å². The molecule has 1 amide bonds. The third-order valence-corrected chi connectivity index (χ3v) is 3.77. The molecule has 1 aromatic rings. The summed E-state index contributed by atoms with van der Waals surface area (Å²) >= 11 is 0. The number of aliphatic hydroxyl groups excluding tert-OH is 2. The number of aliphatic hydroxyl groups is 2. The van der Waals surface area contributed by atoms with Gasteiger partial charge in [-0.3, -0.25) is 4.79 Å². The molecule has 2 N–H and O–H groups in total. The van der Waals surface area contributed by atoms with Gasteiger partial charge in [0.15, 0.2) is 0 Å². The molecule has 104 valence electrons. The number of fused-ring (bicyclic) bond motifs is 1. The Hall–Kier alpha value is -1.39. The van der Waals surface area contributed by atoms with Gasteiger partial charge in [0.05, 0.1) is 13.2 Å². The number of rotatable bonds is 6. The van der Waals surface area contributed by atoms with Crippen molar-refractivity contribution < 1.29 is 15.0 Å². The second-order valence-electron chi connectivity index (χ2n) is 4.97. The number of carbonyl (C=O) groups excluding carboxylic acids is 1. The van der Waals surface area contributed by atoms with Crippen LogP contribution in [-0.2, 0) is 11.2 Å². The van der Waals surface area contributed by atoms with Crippen molar-refractivity contribution in [2.75, 3.05) is 26.3 Å². The van der Waals surface area contributed by atoms with Gasteiger partial charge in [0, 0.05) is 19.5 Å². The molecular weight excluding hydrogens is 242 g/mol. The molecule has 0 unspecified atom stereocenters. The maximum Gasteiger partial charge on any atom is 0.223 e. The Kier molecular flexibility index (Phi) is 4.93. The standard InChI is InChI=1S/C15H21NO3/c17-9-7-16(8-10-18)15(19)11-13-6-5-12-3-1-2-4-14(12)13/h1-4,13,17-18H,5-11H2/t13-/m0/s1. The first-order chi connectivity index (χ1) is 9.26. The van der Waals surface area contributed by atoms with Crippen molar-refractivity contribution in [2.24, 2.45) is 0 Å². The van der Waals surface area contributed by atoms with E-state index in [-0.39, 0.29) is 25.0 Å². The van der Waals surface area contributed by atoms with Crippen molar-refractivity contribution in [1.82, 2.24) is 4.90 Å². The molecule has 1 atom stereocenters. The van der Waals surface area contributed by atoms with Crippen molar-refractivity contribution in [3.63, 3.8) is 0 Å². The molecule has 0 aliphatic heterocycles. The van der Waals surface area contributed by atoms with E-state index in [0.717, 1.165) is 12.8 Å². The van der Waals surface area contributed by atoms with Crippen molar-refractivity contribution >= 4 is 5.91 Å². The molecule has 1 aromatic carbocycles. The third kappa shape index (κ3) is 3.33. The van der Waals surface area contributed by atoms with E-state index in [4.69, 9.17) is 10.2 Å².